The molecular formula is C15H15N3O2S. The van der Waals surface area contributed by atoms with Crippen molar-refractivity contribution in [1.82, 2.24) is 0 Å². The van der Waals surface area contributed by atoms with E-state index in [9.17, 15) is 8.42 Å². The molecule has 0 aliphatic rings. The van der Waals surface area contributed by atoms with Gasteiger partial charge in [-0.1, -0.05) is 12.1 Å². The molecule has 0 bridgehead atoms. The summed E-state index contributed by atoms with van der Waals surface area (Å²) in [6.45, 7) is 1.96. The number of hydrogen-bond acceptors (Lipinski definition) is 4. The first-order valence-corrected chi connectivity index (χ1v) is 7.84. The minimum Gasteiger partial charge on any atom is -0.379 e. The Kier molecular flexibility index (Phi) is 4.26. The standard InChI is InChI=1S/C15H15N3O2S/c1-11(18-14-6-2-12(10-16)3-7-14)13-4-8-15(9-5-13)21(17,19)20/h2-9,11,18H,1H3,(H2,17,19,20). The van der Waals surface area contributed by atoms with Crippen molar-refractivity contribution in [2.45, 2.75) is 17.9 Å². The molecule has 2 aromatic rings. The highest BCUT2D eigenvalue weighted by Crippen LogP contribution is 2.20. The van der Waals surface area contributed by atoms with Gasteiger partial charge in [-0.2, -0.15) is 5.26 Å². The highest BCUT2D eigenvalue weighted by molar-refractivity contribution is 7.89. The number of nitrogens with one attached hydrogen (secondary N) is 1. The topological polar surface area (TPSA) is 96.0 Å². The van der Waals surface area contributed by atoms with Crippen LogP contribution < -0.4 is 10.5 Å². The second kappa shape index (κ2) is 5.95. The van der Waals surface area contributed by atoms with Crippen LogP contribution in [0.2, 0.25) is 0 Å². The molecule has 108 valence electrons. The predicted molar refractivity (Wildman–Crippen MR) is 81.0 cm³/mol. The lowest BCUT2D eigenvalue weighted by Crippen LogP contribution is -2.12. The normalized spacial score (nSPS) is 12.4. The SMILES string of the molecule is CC(Nc1ccc(C#N)cc1)c1ccc(S(N)(=O)=O)cc1. The van der Waals surface area contributed by atoms with Gasteiger partial charge in [-0.25, -0.2) is 13.6 Å². The molecule has 21 heavy (non-hydrogen) atoms. The third kappa shape index (κ3) is 3.81. The van der Waals surface area contributed by atoms with Gasteiger partial charge in [0.1, 0.15) is 0 Å². The minimum absolute atomic E-state index is 0.00698. The lowest BCUT2D eigenvalue weighted by Gasteiger charge is -2.16. The van der Waals surface area contributed by atoms with Crippen LogP contribution in [0.5, 0.6) is 0 Å². The molecule has 0 aliphatic carbocycles. The van der Waals surface area contributed by atoms with Gasteiger partial charge < -0.3 is 5.32 Å². The smallest absolute Gasteiger partial charge is 0.238 e. The molecule has 6 heteroatoms. The number of nitrogens with zero attached hydrogens (tertiary/aromatic N) is 1. The fraction of sp³-hybridized carbons (Fsp3) is 0.133. The molecule has 0 fully saturated rings. The number of hydrogen-bond donors (Lipinski definition) is 2. The van der Waals surface area contributed by atoms with Crippen LogP contribution in [0.4, 0.5) is 5.69 Å². The van der Waals surface area contributed by atoms with Gasteiger partial charge in [-0.15, -0.1) is 0 Å². The average molecular weight is 301 g/mol. The summed E-state index contributed by atoms with van der Waals surface area (Å²) < 4.78 is 22.4. The Morgan fingerprint density at radius 2 is 1.67 bits per heavy atom. The van der Waals surface area contributed by atoms with Crippen molar-refractivity contribution in [3.8, 4) is 6.07 Å². The van der Waals surface area contributed by atoms with Gasteiger partial charge in [-0.3, -0.25) is 0 Å². The third-order valence-electron chi connectivity index (χ3n) is 3.11. The minimum atomic E-state index is -3.66. The van der Waals surface area contributed by atoms with E-state index in [1.807, 2.05) is 19.1 Å². The summed E-state index contributed by atoms with van der Waals surface area (Å²) in [5.74, 6) is 0. The van der Waals surface area contributed by atoms with Crippen molar-refractivity contribution in [3.63, 3.8) is 0 Å². The van der Waals surface area contributed by atoms with Gasteiger partial charge in [0.25, 0.3) is 0 Å². The number of nitriles is 1. The average Bonchev–Trinajstić information content (AvgIpc) is 2.47. The molecule has 0 saturated heterocycles. The van der Waals surface area contributed by atoms with Crippen LogP contribution in [0.15, 0.2) is 53.4 Å². The fourth-order valence-electron chi connectivity index (χ4n) is 1.92. The Morgan fingerprint density at radius 1 is 1.10 bits per heavy atom. The number of nitrogens with two attached hydrogens (primary N) is 1. The summed E-state index contributed by atoms with van der Waals surface area (Å²) in [6, 6.07) is 15.6. The van der Waals surface area contributed by atoms with Crippen molar-refractivity contribution < 1.29 is 8.42 Å². The highest BCUT2D eigenvalue weighted by Gasteiger charge is 2.10. The molecule has 0 amide bonds. The Morgan fingerprint density at radius 3 is 2.14 bits per heavy atom. The Balaban J connectivity index is 2.13. The number of sulfonamides is 1. The van der Waals surface area contributed by atoms with Crippen LogP contribution in [0.1, 0.15) is 24.1 Å². The van der Waals surface area contributed by atoms with Crippen molar-refractivity contribution >= 4 is 15.7 Å². The van der Waals surface area contributed by atoms with Gasteiger partial charge in [0.05, 0.1) is 16.5 Å². The van der Waals surface area contributed by atoms with Crippen LogP contribution in [0.3, 0.4) is 0 Å². The summed E-state index contributed by atoms with van der Waals surface area (Å²) >= 11 is 0. The maximum Gasteiger partial charge on any atom is 0.238 e. The summed E-state index contributed by atoms with van der Waals surface area (Å²) in [7, 11) is -3.66. The summed E-state index contributed by atoms with van der Waals surface area (Å²) in [5.41, 5.74) is 2.43. The van der Waals surface area contributed by atoms with Crippen molar-refractivity contribution in [1.29, 1.82) is 5.26 Å². The Hall–Kier alpha value is -2.36. The van der Waals surface area contributed by atoms with E-state index < -0.39 is 10.0 Å². The van der Waals surface area contributed by atoms with Crippen LogP contribution in [0.25, 0.3) is 0 Å². The molecule has 0 saturated carbocycles. The molecule has 5 nitrogen and oxygen atoms in total. The Labute approximate surface area is 124 Å². The lowest BCUT2D eigenvalue weighted by atomic mass is 10.1. The number of anilines is 1. The molecule has 0 radical (unpaired) electrons. The molecule has 0 aliphatic heterocycles. The first-order valence-electron chi connectivity index (χ1n) is 6.29. The molecular weight excluding hydrogens is 286 g/mol. The molecule has 0 spiro atoms. The second-order valence-electron chi connectivity index (χ2n) is 4.67. The van der Waals surface area contributed by atoms with Gasteiger partial charge >= 0.3 is 0 Å². The second-order valence-corrected chi connectivity index (χ2v) is 6.23. The largest absolute Gasteiger partial charge is 0.379 e. The number of rotatable bonds is 4. The molecule has 1 atom stereocenters. The highest BCUT2D eigenvalue weighted by atomic mass is 32.2. The quantitative estimate of drug-likeness (QED) is 0.906. The van der Waals surface area contributed by atoms with E-state index >= 15 is 0 Å². The van der Waals surface area contributed by atoms with Gasteiger partial charge in [0.2, 0.25) is 10.0 Å². The molecule has 2 aromatic carbocycles. The lowest BCUT2D eigenvalue weighted by molar-refractivity contribution is 0.597. The fourth-order valence-corrected chi connectivity index (χ4v) is 2.44. The van der Waals surface area contributed by atoms with E-state index in [1.54, 1.807) is 24.3 Å². The zero-order valence-electron chi connectivity index (χ0n) is 11.4. The van der Waals surface area contributed by atoms with E-state index in [-0.39, 0.29) is 10.9 Å². The molecule has 0 heterocycles. The van der Waals surface area contributed by atoms with Crippen molar-refractivity contribution in [2.24, 2.45) is 5.14 Å². The van der Waals surface area contributed by atoms with Crippen LogP contribution >= 0.6 is 0 Å². The summed E-state index contributed by atoms with van der Waals surface area (Å²) in [6.07, 6.45) is 0. The third-order valence-corrected chi connectivity index (χ3v) is 4.04. The van der Waals surface area contributed by atoms with Crippen LogP contribution in [-0.4, -0.2) is 8.42 Å². The van der Waals surface area contributed by atoms with Crippen LogP contribution in [0, 0.1) is 11.3 Å². The zero-order valence-corrected chi connectivity index (χ0v) is 12.3. The van der Waals surface area contributed by atoms with Crippen molar-refractivity contribution in [2.75, 3.05) is 5.32 Å². The molecule has 3 N–H and O–H groups in total. The number of benzene rings is 2. The first-order chi connectivity index (χ1) is 9.90. The Bertz CT molecular complexity index is 760. The molecule has 2 rings (SSSR count). The monoisotopic (exact) mass is 301 g/mol. The number of primary sulfonamides is 1. The van der Waals surface area contributed by atoms with E-state index in [1.165, 1.54) is 12.1 Å². The zero-order chi connectivity index (χ0) is 15.5. The summed E-state index contributed by atoms with van der Waals surface area (Å²) in [5, 5.41) is 17.1. The maximum absolute atomic E-state index is 11.2. The van der Waals surface area contributed by atoms with E-state index in [0.717, 1.165) is 11.3 Å². The molecule has 0 aromatic heterocycles. The van der Waals surface area contributed by atoms with Crippen molar-refractivity contribution in [3.05, 3.63) is 59.7 Å². The predicted octanol–water partition coefficient (Wildman–Crippen LogP) is 2.38. The summed E-state index contributed by atoms with van der Waals surface area (Å²) in [4.78, 5) is 0.0943. The molecule has 1 unspecified atom stereocenters. The van der Waals surface area contributed by atoms with Gasteiger partial charge in [-0.05, 0) is 48.9 Å². The first kappa shape index (κ1) is 15.0. The van der Waals surface area contributed by atoms with E-state index in [0.29, 0.717) is 5.56 Å². The maximum atomic E-state index is 11.2. The van der Waals surface area contributed by atoms with Crippen LogP contribution in [-0.2, 0) is 10.0 Å². The van der Waals surface area contributed by atoms with Gasteiger partial charge in [0.15, 0.2) is 0 Å². The van der Waals surface area contributed by atoms with E-state index in [2.05, 4.69) is 11.4 Å². The van der Waals surface area contributed by atoms with Gasteiger partial charge in [0, 0.05) is 11.7 Å². The van der Waals surface area contributed by atoms with E-state index in [4.69, 9.17) is 10.4 Å².